The third-order valence-corrected chi connectivity index (χ3v) is 5.78. The maximum Gasteiger partial charge on any atom is 0.229 e. The monoisotopic (exact) mass is 462 g/mol. The second kappa shape index (κ2) is 11.0. The van der Waals surface area contributed by atoms with E-state index < -0.39 is 5.82 Å². The van der Waals surface area contributed by atoms with Crippen LogP contribution < -0.4 is 21.1 Å². The largest absolute Gasteiger partial charge is 0.492 e. The Morgan fingerprint density at radius 1 is 1.12 bits per heavy atom. The lowest BCUT2D eigenvalue weighted by molar-refractivity contribution is 0.238. The Balaban J connectivity index is 1.42. The number of hydrogen-bond donors (Lipinski definition) is 3. The minimum absolute atomic E-state index is 0.0934. The SMILES string of the molecule is C/C=C\c1c(Nc2nc(Nc3ccc(OCCN4CCCC4)cc3)ncc2C)ccc(F)c1N. The van der Waals surface area contributed by atoms with Crippen LogP contribution in [0.25, 0.3) is 6.08 Å². The summed E-state index contributed by atoms with van der Waals surface area (Å²) in [6.45, 7) is 7.75. The fourth-order valence-corrected chi connectivity index (χ4v) is 3.88. The van der Waals surface area contributed by atoms with Crippen LogP contribution >= 0.6 is 0 Å². The van der Waals surface area contributed by atoms with Crippen molar-refractivity contribution in [3.8, 4) is 5.75 Å². The van der Waals surface area contributed by atoms with Crippen LogP contribution in [0.3, 0.4) is 0 Å². The number of aryl methyl sites for hydroxylation is 1. The molecule has 178 valence electrons. The fraction of sp³-hybridized carbons (Fsp3) is 0.308. The predicted octanol–water partition coefficient (Wildman–Crippen LogP) is 5.50. The van der Waals surface area contributed by atoms with Gasteiger partial charge in [0.25, 0.3) is 0 Å². The van der Waals surface area contributed by atoms with Crippen molar-refractivity contribution in [2.75, 3.05) is 42.6 Å². The van der Waals surface area contributed by atoms with Gasteiger partial charge in [0.2, 0.25) is 5.95 Å². The summed E-state index contributed by atoms with van der Waals surface area (Å²) in [5.41, 5.74) is 8.98. The van der Waals surface area contributed by atoms with Gasteiger partial charge in [-0.2, -0.15) is 4.98 Å². The zero-order chi connectivity index (χ0) is 23.9. The van der Waals surface area contributed by atoms with Crippen LogP contribution in [0.15, 0.2) is 48.7 Å². The van der Waals surface area contributed by atoms with E-state index in [1.54, 1.807) is 18.3 Å². The van der Waals surface area contributed by atoms with Crippen molar-refractivity contribution in [1.82, 2.24) is 14.9 Å². The first kappa shape index (κ1) is 23.5. The quantitative estimate of drug-likeness (QED) is 0.362. The summed E-state index contributed by atoms with van der Waals surface area (Å²) in [5.74, 6) is 1.43. The third-order valence-electron chi connectivity index (χ3n) is 5.78. The molecule has 7 nitrogen and oxygen atoms in total. The summed E-state index contributed by atoms with van der Waals surface area (Å²) in [6.07, 6.45) is 7.89. The third kappa shape index (κ3) is 5.82. The highest BCUT2D eigenvalue weighted by Crippen LogP contribution is 2.30. The Morgan fingerprint density at radius 2 is 1.88 bits per heavy atom. The van der Waals surface area contributed by atoms with E-state index in [1.165, 1.54) is 32.0 Å². The molecule has 4 rings (SSSR count). The molecule has 0 aliphatic carbocycles. The molecule has 4 N–H and O–H groups in total. The molecule has 1 aliphatic heterocycles. The van der Waals surface area contributed by atoms with Gasteiger partial charge in [-0.3, -0.25) is 4.90 Å². The number of nitrogens with two attached hydrogens (primary N) is 1. The minimum atomic E-state index is -0.455. The number of nitrogens with one attached hydrogen (secondary N) is 2. The number of ether oxygens (including phenoxy) is 1. The maximum atomic E-state index is 13.9. The van der Waals surface area contributed by atoms with Crippen LogP contribution in [0.5, 0.6) is 5.75 Å². The second-order valence-electron chi connectivity index (χ2n) is 8.32. The molecule has 0 radical (unpaired) electrons. The van der Waals surface area contributed by atoms with Gasteiger partial charge in [-0.1, -0.05) is 12.2 Å². The summed E-state index contributed by atoms with van der Waals surface area (Å²) in [5, 5.41) is 6.48. The molecule has 1 fully saturated rings. The second-order valence-corrected chi connectivity index (χ2v) is 8.32. The first-order chi connectivity index (χ1) is 16.5. The predicted molar refractivity (Wildman–Crippen MR) is 136 cm³/mol. The molecular weight excluding hydrogens is 431 g/mol. The molecule has 1 saturated heterocycles. The Labute approximate surface area is 199 Å². The number of allylic oxidation sites excluding steroid dienone is 1. The summed E-state index contributed by atoms with van der Waals surface area (Å²) >= 11 is 0. The van der Waals surface area contributed by atoms with Crippen molar-refractivity contribution in [2.24, 2.45) is 0 Å². The summed E-state index contributed by atoms with van der Waals surface area (Å²) in [4.78, 5) is 11.4. The number of rotatable bonds is 9. The highest BCUT2D eigenvalue weighted by atomic mass is 19.1. The average Bonchev–Trinajstić information content (AvgIpc) is 3.35. The van der Waals surface area contributed by atoms with Gasteiger partial charge in [-0.25, -0.2) is 9.37 Å². The number of benzene rings is 2. The van der Waals surface area contributed by atoms with Crippen LogP contribution in [0.2, 0.25) is 0 Å². The molecule has 0 bridgehead atoms. The van der Waals surface area contributed by atoms with Crippen molar-refractivity contribution < 1.29 is 9.13 Å². The van der Waals surface area contributed by atoms with Crippen molar-refractivity contribution in [3.05, 3.63) is 65.6 Å². The van der Waals surface area contributed by atoms with Crippen LogP contribution in [0.4, 0.5) is 33.2 Å². The van der Waals surface area contributed by atoms with E-state index in [-0.39, 0.29) is 5.69 Å². The molecule has 8 heteroatoms. The fourth-order valence-electron chi connectivity index (χ4n) is 3.88. The number of aromatic nitrogens is 2. The van der Waals surface area contributed by atoms with Gasteiger partial charge in [-0.15, -0.1) is 0 Å². The smallest absolute Gasteiger partial charge is 0.229 e. The minimum Gasteiger partial charge on any atom is -0.492 e. The van der Waals surface area contributed by atoms with E-state index >= 15 is 0 Å². The number of hydrogen-bond acceptors (Lipinski definition) is 7. The van der Waals surface area contributed by atoms with Gasteiger partial charge in [0.1, 0.15) is 24.0 Å². The van der Waals surface area contributed by atoms with E-state index in [0.717, 1.165) is 23.5 Å². The summed E-state index contributed by atoms with van der Waals surface area (Å²) in [6, 6.07) is 10.7. The van der Waals surface area contributed by atoms with Crippen molar-refractivity contribution in [3.63, 3.8) is 0 Å². The first-order valence-electron chi connectivity index (χ1n) is 11.6. The molecule has 2 heterocycles. The number of anilines is 5. The highest BCUT2D eigenvalue weighted by molar-refractivity contribution is 5.80. The van der Waals surface area contributed by atoms with E-state index in [4.69, 9.17) is 10.5 Å². The molecule has 3 aromatic rings. The molecule has 0 spiro atoms. The van der Waals surface area contributed by atoms with Crippen LogP contribution in [-0.2, 0) is 0 Å². The molecule has 34 heavy (non-hydrogen) atoms. The molecule has 2 aromatic carbocycles. The Bertz CT molecular complexity index is 1140. The van der Waals surface area contributed by atoms with Crippen LogP contribution in [0, 0.1) is 12.7 Å². The first-order valence-corrected chi connectivity index (χ1v) is 11.6. The molecule has 0 saturated carbocycles. The Morgan fingerprint density at radius 3 is 2.62 bits per heavy atom. The molecular formula is C26H31FN6O. The summed E-state index contributed by atoms with van der Waals surface area (Å²) in [7, 11) is 0. The van der Waals surface area contributed by atoms with Crippen LogP contribution in [0.1, 0.15) is 30.9 Å². The Kier molecular flexibility index (Phi) is 7.59. The zero-order valence-electron chi connectivity index (χ0n) is 19.6. The molecule has 0 atom stereocenters. The van der Waals surface area contributed by atoms with Crippen molar-refractivity contribution in [1.29, 1.82) is 0 Å². The molecule has 1 aromatic heterocycles. The number of nitrogens with zero attached hydrogens (tertiary/aromatic N) is 3. The van der Waals surface area contributed by atoms with Gasteiger partial charge in [0.15, 0.2) is 0 Å². The van der Waals surface area contributed by atoms with Gasteiger partial charge in [-0.05, 0) is 76.2 Å². The molecule has 1 aliphatic rings. The van der Waals surface area contributed by atoms with E-state index in [2.05, 4.69) is 25.5 Å². The van der Waals surface area contributed by atoms with Gasteiger partial charge < -0.3 is 21.1 Å². The van der Waals surface area contributed by atoms with E-state index in [0.29, 0.717) is 29.6 Å². The lowest BCUT2D eigenvalue weighted by atomic mass is 10.1. The number of halogens is 1. The maximum absolute atomic E-state index is 13.9. The highest BCUT2D eigenvalue weighted by Gasteiger charge is 2.12. The molecule has 0 unspecified atom stereocenters. The summed E-state index contributed by atoms with van der Waals surface area (Å²) < 4.78 is 19.8. The lowest BCUT2D eigenvalue weighted by Gasteiger charge is -2.15. The molecule has 0 amide bonds. The number of nitrogen functional groups attached to an aromatic ring is 1. The van der Waals surface area contributed by atoms with E-state index in [1.807, 2.05) is 44.2 Å². The number of likely N-dealkylation sites (tertiary alicyclic amines) is 1. The Hall–Kier alpha value is -3.65. The van der Waals surface area contributed by atoms with Gasteiger partial charge >= 0.3 is 0 Å². The zero-order valence-corrected chi connectivity index (χ0v) is 19.6. The topological polar surface area (TPSA) is 88.3 Å². The average molecular weight is 463 g/mol. The normalized spacial score (nSPS) is 14.0. The van der Waals surface area contributed by atoms with Crippen molar-refractivity contribution in [2.45, 2.75) is 26.7 Å². The standard InChI is InChI=1S/C26H31FN6O/c1-3-6-21-23(12-11-22(27)24(21)28)31-25-18(2)17-29-26(32-25)30-19-7-9-20(10-8-19)34-16-15-33-13-4-5-14-33/h3,6-12,17H,4-5,13-16,28H2,1-2H3,(H2,29,30,31,32)/b6-3-. The van der Waals surface area contributed by atoms with Crippen molar-refractivity contribution >= 4 is 34.9 Å². The van der Waals surface area contributed by atoms with Gasteiger partial charge in [0.05, 0.1) is 5.69 Å². The van der Waals surface area contributed by atoms with Gasteiger partial charge in [0, 0.05) is 35.2 Å². The van der Waals surface area contributed by atoms with E-state index in [9.17, 15) is 4.39 Å². The lowest BCUT2D eigenvalue weighted by Crippen LogP contribution is -2.25. The van der Waals surface area contributed by atoms with Crippen LogP contribution in [-0.4, -0.2) is 41.1 Å².